The van der Waals surface area contributed by atoms with Gasteiger partial charge in [0.15, 0.2) is 11.5 Å². The van der Waals surface area contributed by atoms with Gasteiger partial charge in [0, 0.05) is 6.07 Å². The van der Waals surface area contributed by atoms with Crippen LogP contribution in [0.4, 0.5) is 5.82 Å². The Hall–Kier alpha value is -2.50. The number of anilines is 1. The second-order valence-electron chi connectivity index (χ2n) is 3.81. The van der Waals surface area contributed by atoms with E-state index in [-0.39, 0.29) is 6.79 Å². The van der Waals surface area contributed by atoms with Crippen molar-refractivity contribution in [3.05, 3.63) is 30.1 Å². The molecule has 1 aromatic heterocycles. The van der Waals surface area contributed by atoms with Gasteiger partial charge in [-0.3, -0.25) is 0 Å². The minimum absolute atomic E-state index is 0.234. The van der Waals surface area contributed by atoms with Crippen molar-refractivity contribution in [2.24, 2.45) is 0 Å². The van der Waals surface area contributed by atoms with E-state index in [2.05, 4.69) is 9.97 Å². The Morgan fingerprint density at radius 3 is 2.94 bits per heavy atom. The van der Waals surface area contributed by atoms with E-state index in [0.29, 0.717) is 34.5 Å². The van der Waals surface area contributed by atoms with E-state index in [1.54, 1.807) is 25.1 Å². The van der Waals surface area contributed by atoms with Crippen LogP contribution in [0.15, 0.2) is 24.5 Å². The summed E-state index contributed by atoms with van der Waals surface area (Å²) in [6.45, 7) is 2.04. The normalized spacial score (nSPS) is 12.5. The van der Waals surface area contributed by atoms with Crippen molar-refractivity contribution < 1.29 is 14.2 Å². The molecule has 0 aliphatic carbocycles. The monoisotopic (exact) mass is 245 g/mol. The number of nitrogens with two attached hydrogens (primary N) is 1. The largest absolute Gasteiger partial charge is 0.454 e. The standard InChI is InChI=1S/C12H11N3O3/c1-7-11(13)14-5-15-12(7)18-8-2-3-9-10(4-8)17-6-16-9/h2-5H,6H2,1H3,(H2,13,14,15). The molecular weight excluding hydrogens is 234 g/mol. The summed E-state index contributed by atoms with van der Waals surface area (Å²) < 4.78 is 16.1. The van der Waals surface area contributed by atoms with Gasteiger partial charge in [0.25, 0.3) is 0 Å². The van der Waals surface area contributed by atoms with Gasteiger partial charge in [-0.15, -0.1) is 0 Å². The molecule has 6 nitrogen and oxygen atoms in total. The Kier molecular flexibility index (Phi) is 2.40. The minimum atomic E-state index is 0.234. The molecule has 0 bridgehead atoms. The summed E-state index contributed by atoms with van der Waals surface area (Å²) in [6, 6.07) is 5.32. The smallest absolute Gasteiger partial charge is 0.231 e. The molecule has 92 valence electrons. The number of rotatable bonds is 2. The lowest BCUT2D eigenvalue weighted by Crippen LogP contribution is -1.98. The molecule has 0 saturated heterocycles. The number of nitrogen functional groups attached to an aromatic ring is 1. The lowest BCUT2D eigenvalue weighted by Gasteiger charge is -2.08. The van der Waals surface area contributed by atoms with Crippen molar-refractivity contribution in [3.8, 4) is 23.1 Å². The molecule has 3 rings (SSSR count). The highest BCUT2D eigenvalue weighted by Gasteiger charge is 2.15. The molecular formula is C12H11N3O3. The molecule has 0 saturated carbocycles. The van der Waals surface area contributed by atoms with Gasteiger partial charge in [0.2, 0.25) is 12.7 Å². The fraction of sp³-hybridized carbons (Fsp3) is 0.167. The summed E-state index contributed by atoms with van der Waals surface area (Å²) in [5.74, 6) is 2.82. The summed E-state index contributed by atoms with van der Waals surface area (Å²) in [7, 11) is 0. The maximum absolute atomic E-state index is 5.69. The Morgan fingerprint density at radius 2 is 2.06 bits per heavy atom. The van der Waals surface area contributed by atoms with Crippen molar-refractivity contribution in [1.82, 2.24) is 9.97 Å². The molecule has 1 aliphatic rings. The van der Waals surface area contributed by atoms with Crippen LogP contribution in [0.5, 0.6) is 23.1 Å². The Labute approximate surface area is 103 Å². The molecule has 2 heterocycles. The average molecular weight is 245 g/mol. The maximum Gasteiger partial charge on any atom is 0.231 e. The van der Waals surface area contributed by atoms with Crippen molar-refractivity contribution >= 4 is 5.82 Å². The Bertz CT molecular complexity index is 601. The van der Waals surface area contributed by atoms with Crippen LogP contribution in [-0.2, 0) is 0 Å². The molecule has 0 atom stereocenters. The van der Waals surface area contributed by atoms with Crippen molar-refractivity contribution in [2.75, 3.05) is 12.5 Å². The molecule has 0 radical (unpaired) electrons. The molecule has 1 aliphatic heterocycles. The van der Waals surface area contributed by atoms with Crippen LogP contribution in [0, 0.1) is 6.92 Å². The van der Waals surface area contributed by atoms with Gasteiger partial charge < -0.3 is 19.9 Å². The maximum atomic E-state index is 5.69. The lowest BCUT2D eigenvalue weighted by atomic mass is 10.3. The molecule has 0 amide bonds. The summed E-state index contributed by atoms with van der Waals surface area (Å²) in [5, 5.41) is 0. The SMILES string of the molecule is Cc1c(N)ncnc1Oc1ccc2c(c1)OCO2. The first kappa shape index (κ1) is 10.6. The van der Waals surface area contributed by atoms with E-state index in [0.717, 1.165) is 0 Å². The second-order valence-corrected chi connectivity index (χ2v) is 3.81. The summed E-state index contributed by atoms with van der Waals surface area (Å²) >= 11 is 0. The topological polar surface area (TPSA) is 79.5 Å². The van der Waals surface area contributed by atoms with Gasteiger partial charge in [-0.1, -0.05) is 0 Å². The molecule has 2 aromatic rings. The van der Waals surface area contributed by atoms with Gasteiger partial charge in [-0.2, -0.15) is 0 Å². The van der Waals surface area contributed by atoms with Crippen LogP contribution in [0.3, 0.4) is 0 Å². The van der Waals surface area contributed by atoms with Gasteiger partial charge in [-0.25, -0.2) is 9.97 Å². The van der Waals surface area contributed by atoms with Crippen LogP contribution in [0.25, 0.3) is 0 Å². The van der Waals surface area contributed by atoms with Crippen LogP contribution >= 0.6 is 0 Å². The molecule has 1 aromatic carbocycles. The van der Waals surface area contributed by atoms with Crippen LogP contribution in [-0.4, -0.2) is 16.8 Å². The molecule has 0 unspecified atom stereocenters. The Balaban J connectivity index is 1.90. The molecule has 0 spiro atoms. The van der Waals surface area contributed by atoms with Crippen LogP contribution < -0.4 is 19.9 Å². The fourth-order valence-corrected chi connectivity index (χ4v) is 1.60. The number of nitrogens with zero attached hydrogens (tertiary/aromatic N) is 2. The summed E-state index contributed by atoms with van der Waals surface area (Å²) in [5.41, 5.74) is 6.39. The zero-order chi connectivity index (χ0) is 12.5. The number of benzene rings is 1. The number of ether oxygens (including phenoxy) is 3. The zero-order valence-electron chi connectivity index (χ0n) is 9.71. The molecule has 0 fully saturated rings. The van der Waals surface area contributed by atoms with E-state index < -0.39 is 0 Å². The second kappa shape index (κ2) is 4.06. The van der Waals surface area contributed by atoms with E-state index in [4.69, 9.17) is 19.9 Å². The summed E-state index contributed by atoms with van der Waals surface area (Å²) in [6.07, 6.45) is 1.37. The highest BCUT2D eigenvalue weighted by atomic mass is 16.7. The van der Waals surface area contributed by atoms with Crippen LogP contribution in [0.1, 0.15) is 5.56 Å². The van der Waals surface area contributed by atoms with E-state index in [1.807, 2.05) is 0 Å². The van der Waals surface area contributed by atoms with Crippen LogP contribution in [0.2, 0.25) is 0 Å². The number of aromatic nitrogens is 2. The van der Waals surface area contributed by atoms with Gasteiger partial charge in [0.1, 0.15) is 17.9 Å². The number of fused-ring (bicyclic) bond motifs is 1. The van der Waals surface area contributed by atoms with Gasteiger partial charge in [-0.05, 0) is 19.1 Å². The van der Waals surface area contributed by atoms with E-state index >= 15 is 0 Å². The van der Waals surface area contributed by atoms with Crippen molar-refractivity contribution in [2.45, 2.75) is 6.92 Å². The number of hydrogen-bond acceptors (Lipinski definition) is 6. The van der Waals surface area contributed by atoms with Crippen molar-refractivity contribution in [3.63, 3.8) is 0 Å². The van der Waals surface area contributed by atoms with Gasteiger partial charge in [0.05, 0.1) is 5.56 Å². The third-order valence-electron chi connectivity index (χ3n) is 2.64. The first-order chi connectivity index (χ1) is 8.74. The Morgan fingerprint density at radius 1 is 1.22 bits per heavy atom. The minimum Gasteiger partial charge on any atom is -0.454 e. The van der Waals surface area contributed by atoms with E-state index in [9.17, 15) is 0 Å². The first-order valence-electron chi connectivity index (χ1n) is 5.38. The van der Waals surface area contributed by atoms with Gasteiger partial charge >= 0.3 is 0 Å². The summed E-state index contributed by atoms with van der Waals surface area (Å²) in [4.78, 5) is 7.92. The first-order valence-corrected chi connectivity index (χ1v) is 5.38. The zero-order valence-corrected chi connectivity index (χ0v) is 9.71. The average Bonchev–Trinajstić information content (AvgIpc) is 2.82. The molecule has 6 heteroatoms. The quantitative estimate of drug-likeness (QED) is 0.870. The molecule has 18 heavy (non-hydrogen) atoms. The lowest BCUT2D eigenvalue weighted by molar-refractivity contribution is 0.174. The fourth-order valence-electron chi connectivity index (χ4n) is 1.60. The van der Waals surface area contributed by atoms with Crippen molar-refractivity contribution in [1.29, 1.82) is 0 Å². The number of hydrogen-bond donors (Lipinski definition) is 1. The highest BCUT2D eigenvalue weighted by molar-refractivity contribution is 5.49. The third-order valence-corrected chi connectivity index (χ3v) is 2.64. The molecule has 2 N–H and O–H groups in total. The highest BCUT2D eigenvalue weighted by Crippen LogP contribution is 2.36. The third kappa shape index (κ3) is 1.77. The predicted molar refractivity (Wildman–Crippen MR) is 63.8 cm³/mol. The van der Waals surface area contributed by atoms with E-state index in [1.165, 1.54) is 6.33 Å². The predicted octanol–water partition coefficient (Wildman–Crippen LogP) is 1.89.